The van der Waals surface area contributed by atoms with Crippen molar-refractivity contribution < 1.29 is 0 Å². The maximum Gasteiger partial charge on any atom is 0.121 e. The summed E-state index contributed by atoms with van der Waals surface area (Å²) in [7, 11) is 1.47. The molecule has 1 aliphatic heterocycles. The molecular weight excluding hydrogens is 119 g/mol. The Hall–Kier alpha value is 0.0649. The molecular formula is C9H19B. The molecule has 1 heterocycles. The molecule has 0 amide bonds. The van der Waals surface area contributed by atoms with Crippen LogP contribution < -0.4 is 0 Å². The fourth-order valence-corrected chi connectivity index (χ4v) is 1.92. The Kier molecular flexibility index (Phi) is 3.31. The van der Waals surface area contributed by atoms with Crippen LogP contribution in [0.25, 0.3) is 0 Å². The summed E-state index contributed by atoms with van der Waals surface area (Å²) in [6.45, 7) is 4.80. The first-order valence-electron chi connectivity index (χ1n) is 4.79. The molecule has 0 N–H and O–H groups in total. The van der Waals surface area contributed by atoms with E-state index in [0.29, 0.717) is 0 Å². The minimum absolute atomic E-state index is 1.01. The highest BCUT2D eigenvalue weighted by molar-refractivity contribution is 6.35. The van der Waals surface area contributed by atoms with Gasteiger partial charge in [0.25, 0.3) is 0 Å². The highest BCUT2D eigenvalue weighted by Crippen LogP contribution is 2.22. The molecule has 0 aromatic carbocycles. The van der Waals surface area contributed by atoms with Gasteiger partial charge in [-0.1, -0.05) is 57.6 Å². The maximum absolute atomic E-state index is 2.40. The topological polar surface area (TPSA) is 0 Å². The van der Waals surface area contributed by atoms with Gasteiger partial charge in [-0.05, 0) is 0 Å². The van der Waals surface area contributed by atoms with Gasteiger partial charge in [0.2, 0.25) is 0 Å². The van der Waals surface area contributed by atoms with Crippen molar-refractivity contribution >= 4 is 7.28 Å². The Labute approximate surface area is 65.6 Å². The highest BCUT2D eigenvalue weighted by atomic mass is 14.1. The molecule has 1 fully saturated rings. The van der Waals surface area contributed by atoms with Crippen LogP contribution in [0.4, 0.5) is 0 Å². The van der Waals surface area contributed by atoms with Crippen molar-refractivity contribution in [2.24, 2.45) is 11.8 Å². The zero-order valence-electron chi connectivity index (χ0n) is 7.40. The van der Waals surface area contributed by atoms with Crippen LogP contribution in [0, 0.1) is 11.8 Å². The van der Waals surface area contributed by atoms with E-state index in [2.05, 4.69) is 13.8 Å². The summed E-state index contributed by atoms with van der Waals surface area (Å²) >= 11 is 0. The standard InChI is InChI=1S/C9H19B/c1-8-4-3-5-9(2)7-10-6-8/h8-10H,3-7H2,1-2H3. The third-order valence-electron chi connectivity index (χ3n) is 2.79. The van der Waals surface area contributed by atoms with Crippen LogP contribution in [-0.2, 0) is 0 Å². The van der Waals surface area contributed by atoms with Gasteiger partial charge < -0.3 is 0 Å². The zero-order chi connectivity index (χ0) is 7.40. The molecule has 2 unspecified atom stereocenters. The first kappa shape index (κ1) is 8.16. The molecule has 58 valence electrons. The lowest BCUT2D eigenvalue weighted by atomic mass is 9.61. The van der Waals surface area contributed by atoms with E-state index in [4.69, 9.17) is 0 Å². The van der Waals surface area contributed by atoms with Gasteiger partial charge in [-0.15, -0.1) is 0 Å². The van der Waals surface area contributed by atoms with E-state index < -0.39 is 0 Å². The lowest BCUT2D eigenvalue weighted by molar-refractivity contribution is 0.463. The molecule has 1 heteroatoms. The second-order valence-electron chi connectivity index (χ2n) is 4.07. The average Bonchev–Trinajstić information content (AvgIpc) is 1.84. The Bertz CT molecular complexity index is 70.7. The lowest BCUT2D eigenvalue weighted by Gasteiger charge is -2.18. The van der Waals surface area contributed by atoms with Gasteiger partial charge in [0.05, 0.1) is 0 Å². The van der Waals surface area contributed by atoms with E-state index in [1.165, 1.54) is 39.2 Å². The van der Waals surface area contributed by atoms with Crippen LogP contribution in [0.3, 0.4) is 0 Å². The highest BCUT2D eigenvalue weighted by Gasteiger charge is 2.10. The molecule has 0 saturated carbocycles. The Morgan fingerprint density at radius 3 is 2.00 bits per heavy atom. The van der Waals surface area contributed by atoms with Crippen molar-refractivity contribution in [1.82, 2.24) is 0 Å². The summed E-state index contributed by atoms with van der Waals surface area (Å²) in [5.41, 5.74) is 0. The second kappa shape index (κ2) is 4.05. The van der Waals surface area contributed by atoms with Crippen LogP contribution in [0.15, 0.2) is 0 Å². The predicted molar refractivity (Wildman–Crippen MR) is 48.9 cm³/mol. The van der Waals surface area contributed by atoms with Crippen LogP contribution in [0.1, 0.15) is 33.1 Å². The van der Waals surface area contributed by atoms with Gasteiger partial charge in [-0.2, -0.15) is 0 Å². The first-order chi connectivity index (χ1) is 4.79. The fraction of sp³-hybridized carbons (Fsp3) is 1.00. The number of hydrogen-bond acceptors (Lipinski definition) is 0. The molecule has 0 spiro atoms. The van der Waals surface area contributed by atoms with Gasteiger partial charge in [0, 0.05) is 0 Å². The Balaban J connectivity index is 2.21. The predicted octanol–water partition coefficient (Wildman–Crippen LogP) is 2.72. The Morgan fingerprint density at radius 1 is 1.00 bits per heavy atom. The molecule has 0 nitrogen and oxygen atoms in total. The molecule has 0 aliphatic carbocycles. The second-order valence-corrected chi connectivity index (χ2v) is 4.07. The molecule has 0 aromatic heterocycles. The quantitative estimate of drug-likeness (QED) is 0.451. The van der Waals surface area contributed by atoms with E-state index in [9.17, 15) is 0 Å². The summed E-state index contributed by atoms with van der Waals surface area (Å²) in [5.74, 6) is 2.01. The van der Waals surface area contributed by atoms with Gasteiger partial charge in [-0.25, -0.2) is 0 Å². The van der Waals surface area contributed by atoms with E-state index in [1.807, 2.05) is 0 Å². The molecule has 1 saturated heterocycles. The first-order valence-corrected chi connectivity index (χ1v) is 4.79. The zero-order valence-corrected chi connectivity index (χ0v) is 7.40. The molecule has 10 heavy (non-hydrogen) atoms. The summed E-state index contributed by atoms with van der Waals surface area (Å²) in [6.07, 6.45) is 7.38. The molecule has 1 aliphatic rings. The molecule has 2 atom stereocenters. The van der Waals surface area contributed by atoms with Crippen molar-refractivity contribution in [2.45, 2.75) is 45.8 Å². The van der Waals surface area contributed by atoms with Crippen molar-refractivity contribution in [2.75, 3.05) is 0 Å². The molecule has 0 aromatic rings. The number of hydrogen-bond donors (Lipinski definition) is 0. The molecule has 0 radical (unpaired) electrons. The summed E-state index contributed by atoms with van der Waals surface area (Å²) in [4.78, 5) is 0. The lowest BCUT2D eigenvalue weighted by Crippen LogP contribution is -2.08. The summed E-state index contributed by atoms with van der Waals surface area (Å²) in [5, 5.41) is 0. The third kappa shape index (κ3) is 2.77. The van der Waals surface area contributed by atoms with Gasteiger partial charge >= 0.3 is 0 Å². The summed E-state index contributed by atoms with van der Waals surface area (Å²) in [6, 6.07) is 0. The SMILES string of the molecule is CC1CBCC(C)CCC1. The average molecular weight is 138 g/mol. The van der Waals surface area contributed by atoms with E-state index >= 15 is 0 Å². The largest absolute Gasteiger partial charge is 0.121 e. The molecule has 0 bridgehead atoms. The Morgan fingerprint density at radius 2 is 1.50 bits per heavy atom. The minimum Gasteiger partial charge on any atom is -0.0749 e. The minimum atomic E-state index is 1.01. The van der Waals surface area contributed by atoms with Crippen LogP contribution >= 0.6 is 0 Å². The van der Waals surface area contributed by atoms with E-state index in [-0.39, 0.29) is 0 Å². The monoisotopic (exact) mass is 138 g/mol. The number of rotatable bonds is 0. The molecule has 1 rings (SSSR count). The van der Waals surface area contributed by atoms with Gasteiger partial charge in [-0.3, -0.25) is 0 Å². The van der Waals surface area contributed by atoms with Crippen molar-refractivity contribution in [3.8, 4) is 0 Å². The van der Waals surface area contributed by atoms with Gasteiger partial charge in [0.1, 0.15) is 7.28 Å². The summed E-state index contributed by atoms with van der Waals surface area (Å²) < 4.78 is 0. The van der Waals surface area contributed by atoms with Crippen molar-refractivity contribution in [3.05, 3.63) is 0 Å². The smallest absolute Gasteiger partial charge is 0.0749 e. The normalized spacial score (nSPS) is 35.8. The fourth-order valence-electron chi connectivity index (χ4n) is 1.92. The van der Waals surface area contributed by atoms with Crippen molar-refractivity contribution in [3.63, 3.8) is 0 Å². The van der Waals surface area contributed by atoms with Crippen LogP contribution in [0.2, 0.25) is 12.6 Å². The maximum atomic E-state index is 2.40. The third-order valence-corrected chi connectivity index (χ3v) is 2.79. The van der Waals surface area contributed by atoms with Crippen LogP contribution in [-0.4, -0.2) is 7.28 Å². The van der Waals surface area contributed by atoms with Gasteiger partial charge in [0.15, 0.2) is 0 Å². The van der Waals surface area contributed by atoms with E-state index in [1.54, 1.807) is 0 Å². The van der Waals surface area contributed by atoms with E-state index in [0.717, 1.165) is 11.8 Å². The van der Waals surface area contributed by atoms with Crippen LogP contribution in [0.5, 0.6) is 0 Å². The van der Waals surface area contributed by atoms with Crippen molar-refractivity contribution in [1.29, 1.82) is 0 Å².